The van der Waals surface area contributed by atoms with Crippen LogP contribution in [0.15, 0.2) is 36.9 Å². The number of piperazine rings is 1. The van der Waals surface area contributed by atoms with Gasteiger partial charge in [-0.15, -0.1) is 0 Å². The molecule has 3 aromatic rings. The second kappa shape index (κ2) is 9.62. The largest absolute Gasteiger partial charge is 0.493 e. The van der Waals surface area contributed by atoms with Gasteiger partial charge in [-0.1, -0.05) is 25.8 Å². The van der Waals surface area contributed by atoms with E-state index in [4.69, 9.17) is 15.2 Å². The number of benzene rings is 1. The van der Waals surface area contributed by atoms with Gasteiger partial charge in [0.05, 0.1) is 20.3 Å². The molecule has 32 heavy (non-hydrogen) atoms. The number of unbranched alkanes of at least 4 members (excludes halogenated alkanes) is 2. The van der Waals surface area contributed by atoms with E-state index in [1.807, 2.05) is 18.2 Å². The second-order valence-electron chi connectivity index (χ2n) is 8.12. The maximum atomic E-state index is 7.12. The molecule has 9 heteroatoms. The van der Waals surface area contributed by atoms with Crippen LogP contribution in [0.2, 0.25) is 0 Å². The van der Waals surface area contributed by atoms with Crippen molar-refractivity contribution in [2.45, 2.75) is 44.3 Å². The van der Waals surface area contributed by atoms with Crippen LogP contribution in [-0.4, -0.2) is 52.9 Å². The summed E-state index contributed by atoms with van der Waals surface area (Å²) < 4.78 is 11.0. The topological polar surface area (TPSA) is 111 Å². The van der Waals surface area contributed by atoms with E-state index < -0.39 is 5.66 Å². The van der Waals surface area contributed by atoms with Crippen molar-refractivity contribution in [3.63, 3.8) is 0 Å². The Morgan fingerprint density at radius 3 is 2.69 bits per heavy atom. The number of fused-ring (bicyclic) bond motifs is 1. The number of anilines is 1. The predicted octanol–water partition coefficient (Wildman–Crippen LogP) is 2.82. The second-order valence-corrected chi connectivity index (χ2v) is 8.12. The first-order valence-electron chi connectivity index (χ1n) is 11.0. The van der Waals surface area contributed by atoms with Gasteiger partial charge in [0, 0.05) is 25.5 Å². The Morgan fingerprint density at radius 1 is 1.09 bits per heavy atom. The average Bonchev–Trinajstić information content (AvgIpc) is 2.83. The Labute approximate surface area is 188 Å². The highest BCUT2D eigenvalue weighted by Crippen LogP contribution is 2.40. The van der Waals surface area contributed by atoms with Crippen LogP contribution in [0.1, 0.15) is 44.2 Å². The van der Waals surface area contributed by atoms with Crippen molar-refractivity contribution in [3.05, 3.63) is 42.5 Å². The zero-order chi connectivity index (χ0) is 22.6. The van der Waals surface area contributed by atoms with Gasteiger partial charge in [-0.05, 0) is 30.5 Å². The van der Waals surface area contributed by atoms with E-state index in [2.05, 4.69) is 37.1 Å². The Kier molecular flexibility index (Phi) is 6.66. The van der Waals surface area contributed by atoms with E-state index in [0.29, 0.717) is 41.6 Å². The summed E-state index contributed by atoms with van der Waals surface area (Å²) >= 11 is 0. The summed E-state index contributed by atoms with van der Waals surface area (Å²) in [4.78, 5) is 20.1. The molecular formula is C23H31N7O2. The highest BCUT2D eigenvalue weighted by atomic mass is 16.5. The average molecular weight is 438 g/mol. The molecule has 0 saturated carbocycles. The lowest BCUT2D eigenvalue weighted by molar-refractivity contribution is 0.264. The predicted molar refractivity (Wildman–Crippen MR) is 124 cm³/mol. The van der Waals surface area contributed by atoms with Crippen LogP contribution in [0, 0.1) is 0 Å². The summed E-state index contributed by atoms with van der Waals surface area (Å²) in [6, 6.07) is 5.89. The van der Waals surface area contributed by atoms with Crippen LogP contribution in [0.3, 0.4) is 0 Å². The molecule has 9 nitrogen and oxygen atoms in total. The van der Waals surface area contributed by atoms with E-state index in [1.165, 1.54) is 6.33 Å². The molecule has 4 rings (SSSR count). The van der Waals surface area contributed by atoms with E-state index in [0.717, 1.165) is 31.2 Å². The molecule has 1 fully saturated rings. The van der Waals surface area contributed by atoms with Crippen molar-refractivity contribution in [1.29, 1.82) is 0 Å². The summed E-state index contributed by atoms with van der Waals surface area (Å²) in [6.45, 7) is 3.54. The van der Waals surface area contributed by atoms with Crippen LogP contribution in [-0.2, 0) is 0 Å². The lowest BCUT2D eigenvalue weighted by Gasteiger charge is -2.50. The van der Waals surface area contributed by atoms with Gasteiger partial charge >= 0.3 is 0 Å². The minimum Gasteiger partial charge on any atom is -0.493 e. The lowest BCUT2D eigenvalue weighted by atomic mass is 9.92. The SMILES string of the molecule is CCCCCC1(N)CNCC(c2ccc(OC)c(OC)c2)N1c1ncnc2nccnc12. The van der Waals surface area contributed by atoms with Gasteiger partial charge in [-0.2, -0.15) is 0 Å². The summed E-state index contributed by atoms with van der Waals surface area (Å²) in [6.07, 6.45) is 8.94. The zero-order valence-corrected chi connectivity index (χ0v) is 18.9. The third-order valence-corrected chi connectivity index (χ3v) is 6.04. The molecular weight excluding hydrogens is 406 g/mol. The first-order valence-corrected chi connectivity index (χ1v) is 11.0. The number of nitrogens with zero attached hydrogens (tertiary/aromatic N) is 5. The molecule has 1 aliphatic rings. The van der Waals surface area contributed by atoms with Gasteiger partial charge in [-0.3, -0.25) is 0 Å². The van der Waals surface area contributed by atoms with Gasteiger partial charge < -0.3 is 25.4 Å². The molecule has 0 amide bonds. The fraction of sp³-hybridized carbons (Fsp3) is 0.478. The first-order chi connectivity index (χ1) is 15.6. The maximum Gasteiger partial charge on any atom is 0.183 e. The Balaban J connectivity index is 1.84. The fourth-order valence-corrected chi connectivity index (χ4v) is 4.45. The van der Waals surface area contributed by atoms with E-state index in [1.54, 1.807) is 26.6 Å². The lowest BCUT2D eigenvalue weighted by Crippen LogP contribution is -2.68. The molecule has 0 bridgehead atoms. The highest BCUT2D eigenvalue weighted by Gasteiger charge is 2.42. The molecule has 1 saturated heterocycles. The van der Waals surface area contributed by atoms with Gasteiger partial charge in [0.2, 0.25) is 0 Å². The van der Waals surface area contributed by atoms with Crippen LogP contribution in [0.5, 0.6) is 11.5 Å². The van der Waals surface area contributed by atoms with Crippen molar-refractivity contribution in [1.82, 2.24) is 25.3 Å². The number of nitrogens with one attached hydrogen (secondary N) is 1. The smallest absolute Gasteiger partial charge is 0.183 e. The molecule has 1 aliphatic heterocycles. The summed E-state index contributed by atoms with van der Waals surface area (Å²) in [5, 5.41) is 3.55. The van der Waals surface area contributed by atoms with Crippen molar-refractivity contribution in [2.24, 2.45) is 5.73 Å². The standard InChI is InChI=1S/C23H31N7O2/c1-4-5-6-9-23(24)14-25-13-17(16-7-8-18(31-2)19(12-16)32-3)30(23)22-20-21(28-15-29-22)27-11-10-26-20/h7-8,10-12,15,17,25H,4-6,9,13-14,24H2,1-3H3. The van der Waals surface area contributed by atoms with Crippen molar-refractivity contribution < 1.29 is 9.47 Å². The molecule has 0 radical (unpaired) electrons. The number of nitrogens with two attached hydrogens (primary N) is 1. The van der Waals surface area contributed by atoms with Crippen LogP contribution in [0.4, 0.5) is 5.82 Å². The molecule has 3 heterocycles. The normalized spacial score (nSPS) is 21.0. The van der Waals surface area contributed by atoms with E-state index >= 15 is 0 Å². The summed E-state index contributed by atoms with van der Waals surface area (Å²) in [5.74, 6) is 2.06. The molecule has 2 atom stereocenters. The molecule has 1 aromatic carbocycles. The van der Waals surface area contributed by atoms with Crippen molar-refractivity contribution in [3.8, 4) is 11.5 Å². The fourth-order valence-electron chi connectivity index (χ4n) is 4.45. The third-order valence-electron chi connectivity index (χ3n) is 6.04. The van der Waals surface area contributed by atoms with E-state index in [9.17, 15) is 0 Å². The minimum absolute atomic E-state index is 0.0877. The minimum atomic E-state index is -0.649. The van der Waals surface area contributed by atoms with Crippen LogP contribution in [0.25, 0.3) is 11.2 Å². The Morgan fingerprint density at radius 2 is 1.91 bits per heavy atom. The number of aromatic nitrogens is 4. The monoisotopic (exact) mass is 437 g/mol. The number of rotatable bonds is 8. The van der Waals surface area contributed by atoms with E-state index in [-0.39, 0.29) is 6.04 Å². The highest BCUT2D eigenvalue weighted by molar-refractivity contribution is 5.83. The first kappa shape index (κ1) is 22.2. The molecule has 2 unspecified atom stereocenters. The molecule has 3 N–H and O–H groups in total. The van der Waals surface area contributed by atoms with Crippen molar-refractivity contribution >= 4 is 17.0 Å². The maximum absolute atomic E-state index is 7.12. The Hall–Kier alpha value is -3.04. The van der Waals surface area contributed by atoms with Gasteiger partial charge in [-0.25, -0.2) is 19.9 Å². The third kappa shape index (κ3) is 4.18. The summed E-state index contributed by atoms with van der Waals surface area (Å²) in [5.41, 5.74) is 8.72. The number of hydrogen-bond donors (Lipinski definition) is 2. The van der Waals surface area contributed by atoms with Gasteiger partial charge in [0.25, 0.3) is 0 Å². The molecule has 0 spiro atoms. The van der Waals surface area contributed by atoms with Crippen LogP contribution >= 0.6 is 0 Å². The number of methoxy groups -OCH3 is 2. The number of ether oxygens (including phenoxy) is 2. The molecule has 170 valence electrons. The molecule has 0 aliphatic carbocycles. The number of hydrogen-bond acceptors (Lipinski definition) is 9. The zero-order valence-electron chi connectivity index (χ0n) is 18.9. The van der Waals surface area contributed by atoms with Gasteiger partial charge in [0.15, 0.2) is 28.5 Å². The quantitative estimate of drug-likeness (QED) is 0.514. The molecule has 2 aromatic heterocycles. The summed E-state index contributed by atoms with van der Waals surface area (Å²) in [7, 11) is 3.28. The van der Waals surface area contributed by atoms with Crippen molar-refractivity contribution in [2.75, 3.05) is 32.2 Å². The Bertz CT molecular complexity index is 1060. The van der Waals surface area contributed by atoms with Gasteiger partial charge in [0.1, 0.15) is 12.0 Å². The van der Waals surface area contributed by atoms with Crippen LogP contribution < -0.4 is 25.4 Å².